The van der Waals surface area contributed by atoms with E-state index in [-0.39, 0.29) is 6.61 Å². The van der Waals surface area contributed by atoms with Crippen LogP contribution < -0.4 is 5.32 Å². The summed E-state index contributed by atoms with van der Waals surface area (Å²) >= 11 is 1.82. The minimum absolute atomic E-state index is 0.108. The first-order chi connectivity index (χ1) is 7.92. The second-order valence-corrected chi connectivity index (χ2v) is 5.10. The molecule has 0 saturated heterocycles. The van der Waals surface area contributed by atoms with Crippen LogP contribution in [-0.4, -0.2) is 31.5 Å². The molecule has 0 amide bonds. The molecule has 0 spiro atoms. The molecule has 1 unspecified atom stereocenters. The van der Waals surface area contributed by atoms with Crippen LogP contribution in [0.15, 0.2) is 17.5 Å². The zero-order chi connectivity index (χ0) is 11.2. The van der Waals surface area contributed by atoms with Crippen molar-refractivity contribution in [1.29, 1.82) is 0 Å². The first kappa shape index (κ1) is 12.0. The van der Waals surface area contributed by atoms with Crippen molar-refractivity contribution in [3.8, 4) is 0 Å². The van der Waals surface area contributed by atoms with Gasteiger partial charge in [-0.25, -0.2) is 0 Å². The summed E-state index contributed by atoms with van der Waals surface area (Å²) in [6.45, 7) is 2.08. The molecule has 0 bridgehead atoms. The van der Waals surface area contributed by atoms with E-state index in [1.807, 2.05) is 11.3 Å². The summed E-state index contributed by atoms with van der Waals surface area (Å²) in [4.78, 5) is 1.43. The Bertz CT molecular complexity index is 285. The van der Waals surface area contributed by atoms with E-state index in [1.54, 1.807) is 0 Å². The van der Waals surface area contributed by atoms with E-state index in [2.05, 4.69) is 22.8 Å². The summed E-state index contributed by atoms with van der Waals surface area (Å²) < 4.78 is 5.24. The minimum Gasteiger partial charge on any atom is -0.394 e. The van der Waals surface area contributed by atoms with Gasteiger partial charge >= 0.3 is 0 Å². The third-order valence-electron chi connectivity index (χ3n) is 2.79. The molecule has 0 aliphatic heterocycles. The lowest BCUT2D eigenvalue weighted by atomic mass is 10.1. The molecule has 3 nitrogen and oxygen atoms in total. The van der Waals surface area contributed by atoms with Gasteiger partial charge in [-0.15, -0.1) is 11.3 Å². The average molecular weight is 241 g/mol. The molecule has 2 N–H and O–H groups in total. The third-order valence-corrected chi connectivity index (χ3v) is 3.74. The number of hydrogen-bond donors (Lipinski definition) is 2. The molecule has 1 aromatic heterocycles. The molecule has 1 heterocycles. The van der Waals surface area contributed by atoms with Gasteiger partial charge in [-0.3, -0.25) is 0 Å². The third kappa shape index (κ3) is 3.56. The Hall–Kier alpha value is -0.420. The summed E-state index contributed by atoms with van der Waals surface area (Å²) in [5.41, 5.74) is 0. The smallest absolute Gasteiger partial charge is 0.0698 e. The molecule has 1 aliphatic rings. The summed E-state index contributed by atoms with van der Waals surface area (Å²) in [5, 5.41) is 14.3. The lowest BCUT2D eigenvalue weighted by Gasteiger charge is -2.16. The fourth-order valence-corrected chi connectivity index (χ4v) is 2.74. The summed E-state index contributed by atoms with van der Waals surface area (Å²) in [6.07, 6.45) is 2.68. The number of ether oxygens (including phenoxy) is 1. The van der Waals surface area contributed by atoms with Crippen molar-refractivity contribution < 1.29 is 9.84 Å². The highest BCUT2D eigenvalue weighted by Crippen LogP contribution is 2.42. The molecule has 1 fully saturated rings. The summed E-state index contributed by atoms with van der Waals surface area (Å²) in [5.74, 6) is 0.816. The Morgan fingerprint density at radius 2 is 2.38 bits per heavy atom. The van der Waals surface area contributed by atoms with Crippen molar-refractivity contribution >= 4 is 11.3 Å². The number of rotatable bonds is 8. The lowest BCUT2D eigenvalue weighted by molar-refractivity contribution is 0.0922. The molecule has 4 heteroatoms. The normalized spacial score (nSPS) is 17.6. The second-order valence-electron chi connectivity index (χ2n) is 4.12. The van der Waals surface area contributed by atoms with Crippen LogP contribution in [0.3, 0.4) is 0 Å². The van der Waals surface area contributed by atoms with Crippen LogP contribution in [-0.2, 0) is 4.74 Å². The number of hydrogen-bond acceptors (Lipinski definition) is 4. The Kier molecular flexibility index (Phi) is 4.78. The maximum absolute atomic E-state index is 8.58. The van der Waals surface area contributed by atoms with Crippen LogP contribution in [0.25, 0.3) is 0 Å². The molecular formula is C12H19NO2S. The van der Waals surface area contributed by atoms with E-state index in [4.69, 9.17) is 9.84 Å². The van der Waals surface area contributed by atoms with Crippen molar-refractivity contribution in [1.82, 2.24) is 5.32 Å². The van der Waals surface area contributed by atoms with Gasteiger partial charge in [0.25, 0.3) is 0 Å². The van der Waals surface area contributed by atoms with Crippen LogP contribution in [0.2, 0.25) is 0 Å². The van der Waals surface area contributed by atoms with Gasteiger partial charge in [0.1, 0.15) is 0 Å². The van der Waals surface area contributed by atoms with E-state index in [0.717, 1.165) is 12.5 Å². The molecule has 1 aromatic rings. The zero-order valence-electron chi connectivity index (χ0n) is 9.39. The van der Waals surface area contributed by atoms with Gasteiger partial charge in [-0.1, -0.05) is 6.07 Å². The monoisotopic (exact) mass is 241 g/mol. The van der Waals surface area contributed by atoms with E-state index in [9.17, 15) is 0 Å². The Morgan fingerprint density at radius 1 is 1.50 bits per heavy atom. The topological polar surface area (TPSA) is 41.5 Å². The molecule has 90 valence electrons. The van der Waals surface area contributed by atoms with Crippen molar-refractivity contribution in [3.63, 3.8) is 0 Å². The molecule has 0 aromatic carbocycles. The predicted molar refractivity (Wildman–Crippen MR) is 65.7 cm³/mol. The maximum Gasteiger partial charge on any atom is 0.0698 e. The highest BCUT2D eigenvalue weighted by Gasteiger charge is 2.32. The van der Waals surface area contributed by atoms with Gasteiger partial charge in [0.2, 0.25) is 0 Å². The highest BCUT2D eigenvalue weighted by molar-refractivity contribution is 7.10. The number of thiophene rings is 1. The van der Waals surface area contributed by atoms with Crippen molar-refractivity contribution in [2.24, 2.45) is 5.92 Å². The summed E-state index contributed by atoms with van der Waals surface area (Å²) in [6, 6.07) is 4.83. The van der Waals surface area contributed by atoms with Gasteiger partial charge in [0.15, 0.2) is 0 Å². The van der Waals surface area contributed by atoms with Gasteiger partial charge < -0.3 is 15.2 Å². The molecule has 1 atom stereocenters. The van der Waals surface area contributed by atoms with Gasteiger partial charge in [-0.2, -0.15) is 0 Å². The van der Waals surface area contributed by atoms with Crippen molar-refractivity contribution in [3.05, 3.63) is 22.4 Å². The lowest BCUT2D eigenvalue weighted by Crippen LogP contribution is -2.26. The minimum atomic E-state index is 0.108. The number of nitrogens with one attached hydrogen (secondary N) is 1. The maximum atomic E-state index is 8.58. The first-order valence-electron chi connectivity index (χ1n) is 5.87. The SMILES string of the molecule is OCCOCCNC(c1cccs1)C1CC1. The van der Waals surface area contributed by atoms with Crippen molar-refractivity contribution in [2.75, 3.05) is 26.4 Å². The molecule has 2 rings (SSSR count). The largest absolute Gasteiger partial charge is 0.394 e. The molecule has 1 saturated carbocycles. The van der Waals surface area contributed by atoms with Gasteiger partial charge in [0.05, 0.1) is 19.8 Å². The van der Waals surface area contributed by atoms with E-state index >= 15 is 0 Å². The standard InChI is InChI=1S/C12H19NO2S/c14-6-8-15-7-5-13-12(10-3-4-10)11-2-1-9-16-11/h1-2,9-10,12-14H,3-8H2. The van der Waals surface area contributed by atoms with E-state index < -0.39 is 0 Å². The Labute approximate surface area is 100 Å². The van der Waals surface area contributed by atoms with Crippen molar-refractivity contribution in [2.45, 2.75) is 18.9 Å². The quantitative estimate of drug-likeness (QED) is 0.682. The average Bonchev–Trinajstić information content (AvgIpc) is 2.98. The Morgan fingerprint density at radius 3 is 3.00 bits per heavy atom. The fraction of sp³-hybridized carbons (Fsp3) is 0.667. The fourth-order valence-electron chi connectivity index (χ4n) is 1.85. The van der Waals surface area contributed by atoms with Crippen LogP contribution in [0.4, 0.5) is 0 Å². The molecular weight excluding hydrogens is 222 g/mol. The molecule has 1 aliphatic carbocycles. The first-order valence-corrected chi connectivity index (χ1v) is 6.75. The summed E-state index contributed by atoms with van der Waals surface area (Å²) in [7, 11) is 0. The van der Waals surface area contributed by atoms with Crippen LogP contribution in [0, 0.1) is 5.92 Å². The number of aliphatic hydroxyl groups excluding tert-OH is 1. The number of aliphatic hydroxyl groups is 1. The zero-order valence-corrected chi connectivity index (χ0v) is 10.2. The van der Waals surface area contributed by atoms with Gasteiger partial charge in [0, 0.05) is 17.5 Å². The Balaban J connectivity index is 1.72. The van der Waals surface area contributed by atoms with Gasteiger partial charge in [-0.05, 0) is 30.2 Å². The molecule has 0 radical (unpaired) electrons. The highest BCUT2D eigenvalue weighted by atomic mass is 32.1. The van der Waals surface area contributed by atoms with E-state index in [1.165, 1.54) is 17.7 Å². The van der Waals surface area contributed by atoms with Crippen LogP contribution in [0.1, 0.15) is 23.8 Å². The van der Waals surface area contributed by atoms with Crippen LogP contribution >= 0.6 is 11.3 Å². The van der Waals surface area contributed by atoms with Crippen LogP contribution in [0.5, 0.6) is 0 Å². The second kappa shape index (κ2) is 6.35. The molecule has 16 heavy (non-hydrogen) atoms. The van der Waals surface area contributed by atoms with E-state index in [0.29, 0.717) is 19.3 Å². The predicted octanol–water partition coefficient (Wildman–Crippen LogP) is 1.80.